The highest BCUT2D eigenvalue weighted by atomic mass is 16.7. The van der Waals surface area contributed by atoms with Gasteiger partial charge in [0.15, 0.2) is 6.79 Å². The van der Waals surface area contributed by atoms with E-state index in [2.05, 4.69) is 4.90 Å². The number of ether oxygens (including phenoxy) is 2. The summed E-state index contributed by atoms with van der Waals surface area (Å²) in [6, 6.07) is 11.1. The molecular formula is C22H25N3O5. The Labute approximate surface area is 175 Å². The van der Waals surface area contributed by atoms with E-state index in [1.807, 2.05) is 36.1 Å². The Morgan fingerprint density at radius 3 is 2.57 bits per heavy atom. The highest BCUT2D eigenvalue weighted by Crippen LogP contribution is 2.33. The average molecular weight is 411 g/mol. The number of nitro benzene ring substituents is 1. The first-order valence-corrected chi connectivity index (χ1v) is 10.1. The number of nitro groups is 1. The molecule has 0 spiro atoms. The van der Waals surface area contributed by atoms with Crippen molar-refractivity contribution in [2.45, 2.75) is 26.5 Å². The Hall–Kier alpha value is -2.97. The standard InChI is InChI=1S/C22H25N3O5/c1-16-2-4-17(5-3-16)10-21(26)24-8-6-23(7-9-24)13-18-11-20(25(27)28)12-19-14-29-15-30-22(18)19/h2-5,11-12H,6-10,13-15H2,1H3. The molecule has 8 nitrogen and oxygen atoms in total. The number of non-ortho nitro benzene ring substituents is 1. The second kappa shape index (κ2) is 8.81. The molecule has 4 rings (SSSR count). The normalized spacial score (nSPS) is 16.6. The van der Waals surface area contributed by atoms with Gasteiger partial charge in [0.25, 0.3) is 5.69 Å². The molecule has 2 aliphatic heterocycles. The van der Waals surface area contributed by atoms with Gasteiger partial charge in [-0.15, -0.1) is 0 Å². The summed E-state index contributed by atoms with van der Waals surface area (Å²) < 4.78 is 10.9. The van der Waals surface area contributed by atoms with Crippen LogP contribution in [0.4, 0.5) is 5.69 Å². The summed E-state index contributed by atoms with van der Waals surface area (Å²) in [4.78, 5) is 27.6. The van der Waals surface area contributed by atoms with Crippen molar-refractivity contribution in [3.63, 3.8) is 0 Å². The molecule has 2 aromatic carbocycles. The van der Waals surface area contributed by atoms with E-state index in [-0.39, 0.29) is 23.3 Å². The second-order valence-corrected chi connectivity index (χ2v) is 7.78. The summed E-state index contributed by atoms with van der Waals surface area (Å²) in [6.45, 7) is 5.76. The molecule has 2 aromatic rings. The number of rotatable bonds is 5. The summed E-state index contributed by atoms with van der Waals surface area (Å²) >= 11 is 0. The molecule has 30 heavy (non-hydrogen) atoms. The van der Waals surface area contributed by atoms with Crippen molar-refractivity contribution in [2.24, 2.45) is 0 Å². The van der Waals surface area contributed by atoms with Gasteiger partial charge >= 0.3 is 0 Å². The smallest absolute Gasteiger partial charge is 0.270 e. The Bertz CT molecular complexity index is 937. The first kappa shape index (κ1) is 20.3. The number of carbonyl (C=O) groups excluding carboxylic acids is 1. The number of amides is 1. The van der Waals surface area contributed by atoms with Gasteiger partial charge in [-0.25, -0.2) is 0 Å². The fourth-order valence-electron chi connectivity index (χ4n) is 3.89. The highest BCUT2D eigenvalue weighted by Gasteiger charge is 2.25. The molecule has 158 valence electrons. The Morgan fingerprint density at radius 2 is 1.87 bits per heavy atom. The quantitative estimate of drug-likeness (QED) is 0.556. The molecular weight excluding hydrogens is 386 g/mol. The van der Waals surface area contributed by atoms with E-state index in [1.54, 1.807) is 6.07 Å². The van der Waals surface area contributed by atoms with Crippen LogP contribution in [0.5, 0.6) is 5.75 Å². The third-order valence-corrected chi connectivity index (χ3v) is 5.58. The largest absolute Gasteiger partial charge is 0.467 e. The van der Waals surface area contributed by atoms with Crippen molar-refractivity contribution in [1.82, 2.24) is 9.80 Å². The first-order valence-electron chi connectivity index (χ1n) is 10.1. The Morgan fingerprint density at radius 1 is 1.13 bits per heavy atom. The number of piperazine rings is 1. The van der Waals surface area contributed by atoms with Crippen molar-refractivity contribution in [2.75, 3.05) is 33.0 Å². The van der Waals surface area contributed by atoms with Gasteiger partial charge in [-0.05, 0) is 12.5 Å². The third-order valence-electron chi connectivity index (χ3n) is 5.58. The van der Waals surface area contributed by atoms with Crippen molar-refractivity contribution >= 4 is 11.6 Å². The topological polar surface area (TPSA) is 85.2 Å². The van der Waals surface area contributed by atoms with Crippen LogP contribution in [0.1, 0.15) is 22.3 Å². The molecule has 0 unspecified atom stereocenters. The molecule has 0 saturated carbocycles. The zero-order chi connectivity index (χ0) is 21.1. The fourth-order valence-corrected chi connectivity index (χ4v) is 3.89. The van der Waals surface area contributed by atoms with Gasteiger partial charge < -0.3 is 14.4 Å². The van der Waals surface area contributed by atoms with E-state index in [1.165, 1.54) is 11.6 Å². The molecule has 0 bridgehead atoms. The molecule has 1 fully saturated rings. The first-order chi connectivity index (χ1) is 14.5. The Kier molecular flexibility index (Phi) is 5.96. The van der Waals surface area contributed by atoms with Crippen molar-refractivity contribution in [1.29, 1.82) is 0 Å². The zero-order valence-corrected chi connectivity index (χ0v) is 17.0. The lowest BCUT2D eigenvalue weighted by molar-refractivity contribution is -0.385. The molecule has 1 amide bonds. The van der Waals surface area contributed by atoms with Gasteiger partial charge in [-0.2, -0.15) is 0 Å². The maximum Gasteiger partial charge on any atom is 0.270 e. The van der Waals surface area contributed by atoms with E-state index in [0.717, 1.165) is 11.1 Å². The van der Waals surface area contributed by atoms with Gasteiger partial charge in [-0.3, -0.25) is 19.8 Å². The van der Waals surface area contributed by atoms with Crippen LogP contribution in [0, 0.1) is 17.0 Å². The van der Waals surface area contributed by atoms with Crippen molar-refractivity contribution < 1.29 is 19.2 Å². The van der Waals surface area contributed by atoms with Gasteiger partial charge in [0, 0.05) is 56.0 Å². The van der Waals surface area contributed by atoms with Crippen LogP contribution < -0.4 is 4.74 Å². The minimum Gasteiger partial charge on any atom is -0.467 e. The molecule has 1 saturated heterocycles. The van der Waals surface area contributed by atoms with Crippen molar-refractivity contribution in [3.8, 4) is 5.75 Å². The van der Waals surface area contributed by atoms with Crippen LogP contribution in [0.15, 0.2) is 36.4 Å². The molecule has 0 aliphatic carbocycles. The zero-order valence-electron chi connectivity index (χ0n) is 17.0. The molecule has 0 atom stereocenters. The van der Waals surface area contributed by atoms with E-state index < -0.39 is 0 Å². The van der Waals surface area contributed by atoms with Crippen molar-refractivity contribution in [3.05, 3.63) is 68.8 Å². The van der Waals surface area contributed by atoms with Gasteiger partial charge in [0.05, 0.1) is 18.0 Å². The highest BCUT2D eigenvalue weighted by molar-refractivity contribution is 5.78. The predicted octanol–water partition coefficient (Wildman–Crippen LogP) is 2.66. The third kappa shape index (κ3) is 4.60. The van der Waals surface area contributed by atoms with Crippen LogP contribution in [0.3, 0.4) is 0 Å². The summed E-state index contributed by atoms with van der Waals surface area (Å²) in [5.41, 5.74) is 3.75. The number of nitrogens with zero attached hydrogens (tertiary/aromatic N) is 3. The number of fused-ring (bicyclic) bond motifs is 1. The second-order valence-electron chi connectivity index (χ2n) is 7.78. The lowest BCUT2D eigenvalue weighted by atomic mass is 10.1. The molecule has 2 aliphatic rings. The van der Waals surface area contributed by atoms with E-state index >= 15 is 0 Å². The fraction of sp³-hybridized carbons (Fsp3) is 0.409. The van der Waals surface area contributed by atoms with E-state index in [4.69, 9.17) is 9.47 Å². The average Bonchev–Trinajstić information content (AvgIpc) is 2.75. The number of hydrogen-bond acceptors (Lipinski definition) is 6. The summed E-state index contributed by atoms with van der Waals surface area (Å²) in [5, 5.41) is 11.3. The lowest BCUT2D eigenvalue weighted by Crippen LogP contribution is -2.48. The van der Waals surface area contributed by atoms with Crippen LogP contribution in [-0.4, -0.2) is 53.6 Å². The van der Waals surface area contributed by atoms with Crippen LogP contribution >= 0.6 is 0 Å². The van der Waals surface area contributed by atoms with Gasteiger partial charge in [-0.1, -0.05) is 29.8 Å². The van der Waals surface area contributed by atoms with Gasteiger partial charge in [0.1, 0.15) is 5.75 Å². The predicted molar refractivity (Wildman–Crippen MR) is 110 cm³/mol. The summed E-state index contributed by atoms with van der Waals surface area (Å²) in [6.07, 6.45) is 0.409. The molecule has 0 N–H and O–H groups in total. The monoisotopic (exact) mass is 411 g/mol. The number of hydrogen-bond donors (Lipinski definition) is 0. The maximum absolute atomic E-state index is 12.6. The maximum atomic E-state index is 12.6. The number of aryl methyl sites for hydroxylation is 1. The van der Waals surface area contributed by atoms with E-state index in [0.29, 0.717) is 57.1 Å². The number of benzene rings is 2. The molecule has 2 heterocycles. The summed E-state index contributed by atoms with van der Waals surface area (Å²) in [5.74, 6) is 0.816. The number of carbonyl (C=O) groups is 1. The molecule has 0 radical (unpaired) electrons. The molecule has 0 aromatic heterocycles. The van der Waals surface area contributed by atoms with Crippen LogP contribution in [-0.2, 0) is 29.1 Å². The lowest BCUT2D eigenvalue weighted by Gasteiger charge is -2.35. The van der Waals surface area contributed by atoms with Crippen LogP contribution in [0.2, 0.25) is 0 Å². The van der Waals surface area contributed by atoms with E-state index in [9.17, 15) is 14.9 Å². The van der Waals surface area contributed by atoms with Gasteiger partial charge in [0.2, 0.25) is 5.91 Å². The van der Waals surface area contributed by atoms with Crippen LogP contribution in [0.25, 0.3) is 0 Å². The SMILES string of the molecule is Cc1ccc(CC(=O)N2CCN(Cc3cc([N+](=O)[O-])cc4c3OCOC4)CC2)cc1. The Balaban J connectivity index is 1.38. The summed E-state index contributed by atoms with van der Waals surface area (Å²) in [7, 11) is 0. The molecule has 8 heteroatoms. The minimum atomic E-state index is -0.389. The minimum absolute atomic E-state index is 0.0461.